The third kappa shape index (κ3) is 2.35. The number of fused-ring (bicyclic) bond motifs is 1. The van der Waals surface area contributed by atoms with Crippen LogP contribution in [0.4, 0.5) is 0 Å². The van der Waals surface area contributed by atoms with Crippen LogP contribution in [0.25, 0.3) is 10.9 Å². The summed E-state index contributed by atoms with van der Waals surface area (Å²) in [6.45, 7) is 1.88. The average molecular weight is 288 g/mol. The van der Waals surface area contributed by atoms with Gasteiger partial charge in [-0.2, -0.15) is 0 Å². The fourth-order valence-electron chi connectivity index (χ4n) is 2.99. The van der Waals surface area contributed by atoms with Gasteiger partial charge in [0.2, 0.25) is 0 Å². The Kier molecular flexibility index (Phi) is 3.55. The minimum atomic E-state index is -0.115. The molecule has 2 aromatic heterocycles. The summed E-state index contributed by atoms with van der Waals surface area (Å²) in [5.41, 5.74) is 0.951. The molecular formula is C15H20N4O2. The normalized spacial score (nSPS) is 16.3. The highest BCUT2D eigenvalue weighted by atomic mass is 16.2. The van der Waals surface area contributed by atoms with E-state index in [1.54, 1.807) is 25.5 Å². The number of hydrogen-bond acceptors (Lipinski definition) is 3. The minimum absolute atomic E-state index is 0.0258. The van der Waals surface area contributed by atoms with Gasteiger partial charge in [0.25, 0.3) is 11.5 Å². The molecule has 3 heterocycles. The average Bonchev–Trinajstić information content (AvgIpc) is 3.00. The second-order valence-corrected chi connectivity index (χ2v) is 5.62. The number of H-pyrrole nitrogens is 1. The molecule has 0 unspecified atom stereocenters. The van der Waals surface area contributed by atoms with Crippen LogP contribution in [-0.2, 0) is 7.05 Å². The summed E-state index contributed by atoms with van der Waals surface area (Å²) in [6, 6.07) is 2.05. The van der Waals surface area contributed by atoms with E-state index in [4.69, 9.17) is 0 Å². The van der Waals surface area contributed by atoms with Gasteiger partial charge in [0.15, 0.2) is 0 Å². The molecule has 0 aliphatic carbocycles. The number of aromatic nitrogens is 2. The third-order valence-electron chi connectivity index (χ3n) is 4.30. The monoisotopic (exact) mass is 288 g/mol. The van der Waals surface area contributed by atoms with Gasteiger partial charge in [-0.05, 0) is 32.0 Å². The molecule has 0 atom stereocenters. The van der Waals surface area contributed by atoms with E-state index in [1.165, 1.54) is 4.57 Å². The van der Waals surface area contributed by atoms with Crippen molar-refractivity contribution in [1.29, 1.82) is 0 Å². The van der Waals surface area contributed by atoms with Gasteiger partial charge in [-0.25, -0.2) is 0 Å². The molecule has 1 saturated heterocycles. The number of aromatic amines is 1. The van der Waals surface area contributed by atoms with Crippen molar-refractivity contribution >= 4 is 16.8 Å². The summed E-state index contributed by atoms with van der Waals surface area (Å²) in [7, 11) is 3.52. The Bertz CT molecular complexity index is 725. The van der Waals surface area contributed by atoms with Crippen molar-refractivity contribution in [2.45, 2.75) is 18.9 Å². The van der Waals surface area contributed by atoms with Crippen molar-refractivity contribution < 1.29 is 4.79 Å². The third-order valence-corrected chi connectivity index (χ3v) is 4.30. The second-order valence-electron chi connectivity index (χ2n) is 5.62. The Morgan fingerprint density at radius 1 is 1.38 bits per heavy atom. The van der Waals surface area contributed by atoms with Crippen LogP contribution in [0, 0.1) is 0 Å². The number of amides is 1. The maximum Gasteiger partial charge on any atom is 0.274 e. The molecule has 0 spiro atoms. The van der Waals surface area contributed by atoms with E-state index >= 15 is 0 Å². The lowest BCUT2D eigenvalue weighted by atomic mass is 10.0. The Morgan fingerprint density at radius 2 is 2.10 bits per heavy atom. The summed E-state index contributed by atoms with van der Waals surface area (Å²) in [6.07, 6.45) is 5.26. The van der Waals surface area contributed by atoms with Crippen LogP contribution in [0.2, 0.25) is 0 Å². The molecule has 1 aliphatic rings. The molecule has 2 aromatic rings. The van der Waals surface area contributed by atoms with E-state index in [-0.39, 0.29) is 17.5 Å². The molecule has 6 heteroatoms. The van der Waals surface area contributed by atoms with Gasteiger partial charge in [-0.1, -0.05) is 0 Å². The Morgan fingerprint density at radius 3 is 2.81 bits per heavy atom. The van der Waals surface area contributed by atoms with Crippen LogP contribution >= 0.6 is 0 Å². The van der Waals surface area contributed by atoms with Crippen molar-refractivity contribution in [2.24, 2.45) is 7.05 Å². The van der Waals surface area contributed by atoms with Gasteiger partial charge in [0, 0.05) is 37.9 Å². The van der Waals surface area contributed by atoms with E-state index in [0.29, 0.717) is 16.5 Å². The molecule has 3 rings (SSSR count). The van der Waals surface area contributed by atoms with E-state index in [9.17, 15) is 9.59 Å². The molecular weight excluding hydrogens is 268 g/mol. The van der Waals surface area contributed by atoms with Crippen molar-refractivity contribution in [2.75, 3.05) is 20.1 Å². The smallest absolute Gasteiger partial charge is 0.274 e. The summed E-state index contributed by atoms with van der Waals surface area (Å²) in [5, 5.41) is 4.00. The molecule has 1 fully saturated rings. The zero-order valence-electron chi connectivity index (χ0n) is 12.3. The minimum Gasteiger partial charge on any atom is -0.357 e. The van der Waals surface area contributed by atoms with E-state index in [2.05, 4.69) is 10.3 Å². The van der Waals surface area contributed by atoms with Gasteiger partial charge < -0.3 is 19.8 Å². The Labute approximate surface area is 122 Å². The predicted octanol–water partition coefficient (Wildman–Crippen LogP) is 0.691. The van der Waals surface area contributed by atoms with E-state index in [0.717, 1.165) is 25.9 Å². The topological polar surface area (TPSA) is 70.1 Å². The van der Waals surface area contributed by atoms with Crippen LogP contribution in [0.3, 0.4) is 0 Å². The highest BCUT2D eigenvalue weighted by Gasteiger charge is 2.25. The molecule has 0 bridgehead atoms. The molecule has 2 N–H and O–H groups in total. The fraction of sp³-hybridized carbons (Fsp3) is 0.467. The summed E-state index contributed by atoms with van der Waals surface area (Å²) in [4.78, 5) is 29.6. The number of hydrogen-bond donors (Lipinski definition) is 2. The quantitative estimate of drug-likeness (QED) is 0.854. The van der Waals surface area contributed by atoms with Crippen LogP contribution < -0.4 is 10.9 Å². The number of nitrogens with zero attached hydrogens (tertiary/aromatic N) is 2. The van der Waals surface area contributed by atoms with Gasteiger partial charge in [0.1, 0.15) is 5.52 Å². The maximum absolute atomic E-state index is 12.8. The van der Waals surface area contributed by atoms with Gasteiger partial charge in [-0.15, -0.1) is 0 Å². The number of piperidine rings is 1. The summed E-state index contributed by atoms with van der Waals surface area (Å²) < 4.78 is 1.46. The van der Waals surface area contributed by atoms with Crippen LogP contribution in [0.1, 0.15) is 23.2 Å². The highest BCUT2D eigenvalue weighted by molar-refractivity contribution is 6.05. The van der Waals surface area contributed by atoms with Crippen LogP contribution in [0.15, 0.2) is 23.3 Å². The highest BCUT2D eigenvalue weighted by Crippen LogP contribution is 2.19. The summed E-state index contributed by atoms with van der Waals surface area (Å²) >= 11 is 0. The zero-order chi connectivity index (χ0) is 15.0. The lowest BCUT2D eigenvalue weighted by Gasteiger charge is -2.31. The van der Waals surface area contributed by atoms with Crippen molar-refractivity contribution in [1.82, 2.24) is 19.8 Å². The largest absolute Gasteiger partial charge is 0.357 e. The Hall–Kier alpha value is -2.08. The lowest BCUT2D eigenvalue weighted by molar-refractivity contribution is 0.0704. The molecule has 21 heavy (non-hydrogen) atoms. The molecule has 0 aromatic carbocycles. The first-order valence-electron chi connectivity index (χ1n) is 7.24. The van der Waals surface area contributed by atoms with Gasteiger partial charge in [-0.3, -0.25) is 9.59 Å². The van der Waals surface area contributed by atoms with E-state index < -0.39 is 0 Å². The molecule has 6 nitrogen and oxygen atoms in total. The lowest BCUT2D eigenvalue weighted by Crippen LogP contribution is -2.44. The first kappa shape index (κ1) is 13.9. The van der Waals surface area contributed by atoms with Crippen molar-refractivity contribution in [3.63, 3.8) is 0 Å². The number of aryl methyl sites for hydroxylation is 1. The van der Waals surface area contributed by atoms with Crippen molar-refractivity contribution in [3.8, 4) is 0 Å². The maximum atomic E-state index is 12.8. The Balaban J connectivity index is 1.99. The zero-order valence-corrected chi connectivity index (χ0v) is 12.3. The van der Waals surface area contributed by atoms with Crippen molar-refractivity contribution in [3.05, 3.63) is 34.4 Å². The first-order valence-corrected chi connectivity index (χ1v) is 7.24. The van der Waals surface area contributed by atoms with Gasteiger partial charge >= 0.3 is 0 Å². The number of carbonyl (C=O) groups excluding carboxylic acids is 1. The molecule has 0 radical (unpaired) electrons. The van der Waals surface area contributed by atoms with Crippen LogP contribution in [0.5, 0.6) is 0 Å². The molecule has 0 saturated carbocycles. The number of rotatable bonds is 2. The fourth-order valence-corrected chi connectivity index (χ4v) is 2.99. The second kappa shape index (κ2) is 5.37. The standard InChI is InChI=1S/C15H20N4O2/c1-18-9-12(11-5-8-17-13(11)15(18)21)14(20)19(2)10-3-6-16-7-4-10/h5,8-10,16-17H,3-4,6-7H2,1-2H3. The first-order chi connectivity index (χ1) is 10.1. The van der Waals surface area contributed by atoms with Crippen LogP contribution in [-0.4, -0.2) is 46.5 Å². The molecule has 112 valence electrons. The summed E-state index contributed by atoms with van der Waals surface area (Å²) in [5.74, 6) is -0.0258. The predicted molar refractivity (Wildman–Crippen MR) is 81.5 cm³/mol. The van der Waals surface area contributed by atoms with E-state index in [1.807, 2.05) is 11.9 Å². The molecule has 1 aliphatic heterocycles. The number of pyridine rings is 1. The van der Waals surface area contributed by atoms with Gasteiger partial charge in [0.05, 0.1) is 5.56 Å². The molecule has 1 amide bonds. The number of carbonyl (C=O) groups is 1. The SMILES string of the molecule is CN(C(=O)c1cn(C)c(=O)c2[nH]ccc12)C1CCNCC1. The number of nitrogens with one attached hydrogen (secondary N) is 2.